The van der Waals surface area contributed by atoms with Crippen molar-refractivity contribution in [1.29, 1.82) is 0 Å². The van der Waals surface area contributed by atoms with Gasteiger partial charge in [0.25, 0.3) is 5.79 Å². The molecule has 0 aliphatic carbocycles. The van der Waals surface area contributed by atoms with Crippen LogP contribution < -0.4 is 5.32 Å². The Hall–Kier alpha value is -1.15. The summed E-state index contributed by atoms with van der Waals surface area (Å²) in [7, 11) is -4.97. The molecule has 0 aromatic rings. The molecule has 0 bridgehead atoms. The normalized spacial score (nSPS) is 32.7. The molecule has 13 nitrogen and oxygen atoms in total. The number of carbonyl (C=O) groups excluding carboxylic acids is 1. The number of hydrogen-bond donors (Lipinski definition) is 8. The first-order valence-corrected chi connectivity index (χ1v) is 8.45. The van der Waals surface area contributed by atoms with Crippen LogP contribution in [0, 0.1) is 0 Å². The van der Waals surface area contributed by atoms with Crippen LogP contribution in [0.5, 0.6) is 0 Å². The summed E-state index contributed by atoms with van der Waals surface area (Å²) in [6.45, 7) is -0.0127. The Balaban J connectivity index is 3.02. The summed E-state index contributed by atoms with van der Waals surface area (Å²) < 4.78 is 19.5. The molecule has 25 heavy (non-hydrogen) atoms. The first-order valence-electron chi connectivity index (χ1n) is 6.92. The number of hydrogen-bond acceptors (Lipinski definition) is 9. The van der Waals surface area contributed by atoms with Gasteiger partial charge >= 0.3 is 13.8 Å². The zero-order valence-electron chi connectivity index (χ0n) is 12.9. The summed E-state index contributed by atoms with van der Waals surface area (Å²) >= 11 is 0. The van der Waals surface area contributed by atoms with E-state index in [1.165, 1.54) is 0 Å². The Morgan fingerprint density at radius 1 is 1.40 bits per heavy atom. The fourth-order valence-corrected chi connectivity index (χ4v) is 2.65. The van der Waals surface area contributed by atoms with E-state index in [0.29, 0.717) is 0 Å². The third kappa shape index (κ3) is 5.95. The minimum atomic E-state index is -4.97. The van der Waals surface area contributed by atoms with Gasteiger partial charge in [0.1, 0.15) is 18.3 Å². The largest absolute Gasteiger partial charge is 0.477 e. The summed E-state index contributed by atoms with van der Waals surface area (Å²) in [5.74, 6) is -5.48. The first-order chi connectivity index (χ1) is 11.3. The van der Waals surface area contributed by atoms with Crippen molar-refractivity contribution < 1.29 is 58.7 Å². The molecule has 146 valence electrons. The average Bonchev–Trinajstić information content (AvgIpc) is 2.45. The van der Waals surface area contributed by atoms with Crippen LogP contribution in [0.2, 0.25) is 0 Å². The van der Waals surface area contributed by atoms with E-state index in [4.69, 9.17) is 19.6 Å². The molecule has 1 heterocycles. The number of phosphoric acid groups is 1. The smallest absolute Gasteiger partial charge is 0.469 e. The second kappa shape index (κ2) is 8.03. The van der Waals surface area contributed by atoms with Gasteiger partial charge in [-0.25, -0.2) is 9.36 Å². The molecule has 1 aliphatic rings. The van der Waals surface area contributed by atoms with Gasteiger partial charge in [0, 0.05) is 13.3 Å². The van der Waals surface area contributed by atoms with E-state index in [-0.39, 0.29) is 0 Å². The molecule has 6 atom stereocenters. The van der Waals surface area contributed by atoms with Crippen LogP contribution in [0.25, 0.3) is 0 Å². The summed E-state index contributed by atoms with van der Waals surface area (Å²) in [4.78, 5) is 39.5. The van der Waals surface area contributed by atoms with Crippen molar-refractivity contribution in [2.75, 3.05) is 6.61 Å². The molecule has 1 fully saturated rings. The molecule has 0 radical (unpaired) electrons. The Bertz CT molecular complexity index is 551. The molecule has 1 saturated heterocycles. The lowest BCUT2D eigenvalue weighted by Gasteiger charge is -2.44. The van der Waals surface area contributed by atoms with Crippen LogP contribution in [0.1, 0.15) is 13.3 Å². The molecule has 0 spiro atoms. The van der Waals surface area contributed by atoms with Gasteiger partial charge in [-0.1, -0.05) is 0 Å². The minimum absolute atomic E-state index is 0.688. The van der Waals surface area contributed by atoms with Crippen molar-refractivity contribution in [3.05, 3.63) is 0 Å². The van der Waals surface area contributed by atoms with Crippen molar-refractivity contribution in [2.24, 2.45) is 0 Å². The lowest BCUT2D eigenvalue weighted by atomic mass is 9.88. The van der Waals surface area contributed by atoms with Crippen molar-refractivity contribution in [1.82, 2.24) is 5.32 Å². The number of amides is 1. The number of aliphatic hydroxyl groups is 4. The fourth-order valence-electron chi connectivity index (χ4n) is 2.30. The maximum Gasteiger partial charge on any atom is 0.469 e. The minimum Gasteiger partial charge on any atom is -0.477 e. The molecular weight excluding hydrogens is 369 g/mol. The van der Waals surface area contributed by atoms with Gasteiger partial charge in [-0.3, -0.25) is 9.32 Å². The number of carboxylic acids is 1. The van der Waals surface area contributed by atoms with Gasteiger partial charge in [0.2, 0.25) is 5.91 Å². The third-order valence-electron chi connectivity index (χ3n) is 3.43. The number of carboxylic acid groups (broad SMARTS) is 1. The van der Waals surface area contributed by atoms with Crippen LogP contribution in [-0.4, -0.2) is 90.0 Å². The second-order valence-corrected chi connectivity index (χ2v) is 6.75. The van der Waals surface area contributed by atoms with Gasteiger partial charge in [0.05, 0.1) is 18.8 Å². The lowest BCUT2D eigenvalue weighted by Crippen LogP contribution is -2.67. The van der Waals surface area contributed by atoms with Crippen LogP contribution in [0.3, 0.4) is 0 Å². The highest BCUT2D eigenvalue weighted by molar-refractivity contribution is 7.46. The van der Waals surface area contributed by atoms with E-state index in [0.717, 1.165) is 6.92 Å². The molecule has 1 rings (SSSR count). The highest BCUT2D eigenvalue weighted by atomic mass is 31.2. The average molecular weight is 389 g/mol. The Morgan fingerprint density at radius 2 is 1.96 bits per heavy atom. The fraction of sp³-hybridized carbons (Fsp3) is 0.818. The van der Waals surface area contributed by atoms with Gasteiger partial charge in [-0.2, -0.15) is 0 Å². The van der Waals surface area contributed by atoms with Gasteiger partial charge in [0.15, 0.2) is 0 Å². The van der Waals surface area contributed by atoms with Crippen LogP contribution in [0.15, 0.2) is 0 Å². The molecule has 0 saturated carbocycles. The van der Waals surface area contributed by atoms with E-state index >= 15 is 0 Å². The molecule has 0 aromatic carbocycles. The molecule has 1 aliphatic heterocycles. The van der Waals surface area contributed by atoms with Gasteiger partial charge in [-0.15, -0.1) is 0 Å². The summed E-state index contributed by atoms with van der Waals surface area (Å²) in [5, 5.41) is 50.9. The van der Waals surface area contributed by atoms with E-state index < -0.39 is 69.0 Å². The molecule has 8 N–H and O–H groups in total. The maximum absolute atomic E-state index is 11.2. The zero-order valence-corrected chi connectivity index (χ0v) is 13.8. The number of phosphoric ester groups is 1. The van der Waals surface area contributed by atoms with Crippen molar-refractivity contribution >= 4 is 19.7 Å². The highest BCUT2D eigenvalue weighted by Gasteiger charge is 2.54. The summed E-state index contributed by atoms with van der Waals surface area (Å²) in [5.41, 5.74) is 0. The number of aliphatic carboxylic acids is 1. The molecule has 14 heteroatoms. The summed E-state index contributed by atoms with van der Waals surface area (Å²) in [6, 6.07) is -1.42. The molecule has 0 unspecified atom stereocenters. The SMILES string of the molecule is CC(=O)N[C@H]1[C@H]([C@@H](O)[C@H](O)COP(=O)(O)O)O[C@@](O)(C(=O)O)C[C@@H]1O. The van der Waals surface area contributed by atoms with Crippen LogP contribution in [0.4, 0.5) is 0 Å². The van der Waals surface area contributed by atoms with Crippen molar-refractivity contribution in [3.8, 4) is 0 Å². The topological polar surface area (TPSA) is 223 Å². The van der Waals surface area contributed by atoms with E-state index in [9.17, 15) is 34.6 Å². The zero-order chi connectivity index (χ0) is 19.6. The number of nitrogens with one attached hydrogen (secondary N) is 1. The van der Waals surface area contributed by atoms with Gasteiger partial charge < -0.3 is 45.4 Å². The Labute approximate surface area is 141 Å². The quantitative estimate of drug-likeness (QED) is 0.197. The van der Waals surface area contributed by atoms with E-state index in [2.05, 4.69) is 9.84 Å². The number of ether oxygens (including phenoxy) is 1. The Morgan fingerprint density at radius 3 is 2.40 bits per heavy atom. The predicted octanol–water partition coefficient (Wildman–Crippen LogP) is -3.75. The second-order valence-electron chi connectivity index (χ2n) is 5.51. The number of rotatable bonds is 7. The monoisotopic (exact) mass is 389 g/mol. The van der Waals surface area contributed by atoms with E-state index in [1.807, 2.05) is 0 Å². The highest BCUT2D eigenvalue weighted by Crippen LogP contribution is 2.36. The predicted molar refractivity (Wildman–Crippen MR) is 75.7 cm³/mol. The number of aliphatic hydroxyl groups excluding tert-OH is 3. The first kappa shape index (κ1) is 21.9. The lowest BCUT2D eigenvalue weighted by molar-refractivity contribution is -0.294. The van der Waals surface area contributed by atoms with Gasteiger partial charge in [-0.05, 0) is 0 Å². The standard InChI is InChI=1S/C11H20NO12P/c1-4(13)12-7-5(14)2-11(19,10(17)18)24-9(7)8(16)6(15)3-23-25(20,21)22/h5-9,14-16,19H,2-3H2,1H3,(H,12,13)(H,17,18)(H2,20,21,22)/t5-,6+,7+,8-,9+,11+/m0/s1. The molecule has 1 amide bonds. The molecule has 0 aromatic heterocycles. The van der Waals surface area contributed by atoms with Crippen LogP contribution >= 0.6 is 7.82 Å². The van der Waals surface area contributed by atoms with Crippen molar-refractivity contribution in [3.63, 3.8) is 0 Å². The third-order valence-corrected chi connectivity index (χ3v) is 3.92. The molecular formula is C11H20NO12P. The van der Waals surface area contributed by atoms with Crippen molar-refractivity contribution in [2.45, 2.75) is 49.6 Å². The maximum atomic E-state index is 11.2. The Kier molecular flexibility index (Phi) is 7.03. The number of carbonyl (C=O) groups is 2. The van der Waals surface area contributed by atoms with E-state index in [1.54, 1.807) is 0 Å². The summed E-state index contributed by atoms with van der Waals surface area (Å²) in [6.07, 6.45) is -8.43. The van der Waals surface area contributed by atoms with Crippen LogP contribution in [-0.2, 0) is 23.4 Å².